The lowest BCUT2D eigenvalue weighted by Gasteiger charge is -2.15. The molecule has 0 saturated heterocycles. The van der Waals surface area contributed by atoms with E-state index in [1.807, 2.05) is 37.6 Å². The molecule has 1 N–H and O–H groups in total. The van der Waals surface area contributed by atoms with Gasteiger partial charge in [-0.1, -0.05) is 26.0 Å². The molecule has 1 aromatic carbocycles. The summed E-state index contributed by atoms with van der Waals surface area (Å²) in [5.41, 5.74) is 3.25. The first-order valence-electron chi connectivity index (χ1n) is 10.0. The summed E-state index contributed by atoms with van der Waals surface area (Å²) >= 11 is 0. The topological polar surface area (TPSA) is 69.3 Å². The molecule has 1 amide bonds. The number of ether oxygens (including phenoxy) is 1. The van der Waals surface area contributed by atoms with Crippen LogP contribution < -0.4 is 10.1 Å². The van der Waals surface area contributed by atoms with Crippen molar-refractivity contribution in [3.63, 3.8) is 0 Å². The Kier molecular flexibility index (Phi) is 6.42. The fourth-order valence-corrected chi connectivity index (χ4v) is 3.29. The van der Waals surface area contributed by atoms with Gasteiger partial charge in [-0.25, -0.2) is 0 Å². The summed E-state index contributed by atoms with van der Waals surface area (Å²) in [6.07, 6.45) is 1.74. The summed E-state index contributed by atoms with van der Waals surface area (Å²) in [5, 5.41) is 7.20. The average Bonchev–Trinajstić information content (AvgIpc) is 3.35. The highest BCUT2D eigenvalue weighted by atomic mass is 16.5. The van der Waals surface area contributed by atoms with Crippen molar-refractivity contribution in [1.82, 2.24) is 15.1 Å². The van der Waals surface area contributed by atoms with Crippen molar-refractivity contribution in [2.24, 2.45) is 0 Å². The van der Waals surface area contributed by atoms with Crippen LogP contribution in [0.5, 0.6) is 5.75 Å². The van der Waals surface area contributed by atoms with Crippen LogP contribution in [0.4, 0.5) is 0 Å². The van der Waals surface area contributed by atoms with Gasteiger partial charge in [-0.3, -0.25) is 9.48 Å². The van der Waals surface area contributed by atoms with E-state index in [9.17, 15) is 4.79 Å². The van der Waals surface area contributed by atoms with Crippen LogP contribution in [0.25, 0.3) is 0 Å². The third-order valence-corrected chi connectivity index (χ3v) is 4.89. The van der Waals surface area contributed by atoms with E-state index in [-0.39, 0.29) is 24.3 Å². The van der Waals surface area contributed by atoms with Gasteiger partial charge < -0.3 is 14.5 Å². The van der Waals surface area contributed by atoms with Gasteiger partial charge in [0.2, 0.25) is 0 Å². The lowest BCUT2D eigenvalue weighted by molar-refractivity contribution is 0.0906. The maximum atomic E-state index is 12.6. The Labute approximate surface area is 171 Å². The van der Waals surface area contributed by atoms with Crippen LogP contribution in [0.15, 0.2) is 47.0 Å². The minimum absolute atomic E-state index is 0.171. The van der Waals surface area contributed by atoms with Crippen molar-refractivity contribution in [3.05, 3.63) is 70.9 Å². The molecule has 0 fully saturated rings. The zero-order chi connectivity index (χ0) is 21.0. The largest absolute Gasteiger partial charge is 0.485 e. The van der Waals surface area contributed by atoms with Gasteiger partial charge in [0.05, 0.1) is 11.7 Å². The molecule has 0 aliphatic heterocycles. The zero-order valence-corrected chi connectivity index (χ0v) is 17.7. The number of carbonyl (C=O) groups excluding carboxylic acids is 1. The standard InChI is InChI=1S/C23H29N3O3/c1-6-26-20(11-12-24-26)17(5)25-23(27)21-10-8-18(29-21)14-28-22-13-16(4)7-9-19(22)15(2)3/h7-13,15,17H,6,14H2,1-5H3,(H,25,27). The molecule has 0 spiro atoms. The molecule has 1 unspecified atom stereocenters. The molecule has 6 heteroatoms. The van der Waals surface area contributed by atoms with Crippen molar-refractivity contribution >= 4 is 5.91 Å². The molecule has 0 aliphatic carbocycles. The van der Waals surface area contributed by atoms with Crippen molar-refractivity contribution in [1.29, 1.82) is 0 Å². The second-order valence-electron chi connectivity index (χ2n) is 7.52. The molecular weight excluding hydrogens is 366 g/mol. The molecule has 0 bridgehead atoms. The predicted molar refractivity (Wildman–Crippen MR) is 112 cm³/mol. The molecule has 6 nitrogen and oxygen atoms in total. The fourth-order valence-electron chi connectivity index (χ4n) is 3.29. The Hall–Kier alpha value is -3.02. The molecule has 2 heterocycles. The van der Waals surface area contributed by atoms with Crippen LogP contribution in [0.1, 0.15) is 72.8 Å². The lowest BCUT2D eigenvalue weighted by atomic mass is 10.0. The number of hydrogen-bond donors (Lipinski definition) is 1. The van der Waals surface area contributed by atoms with Crippen LogP contribution >= 0.6 is 0 Å². The molecule has 154 valence electrons. The summed E-state index contributed by atoms with van der Waals surface area (Å²) < 4.78 is 13.6. The fraction of sp³-hybridized carbons (Fsp3) is 0.391. The van der Waals surface area contributed by atoms with Gasteiger partial charge >= 0.3 is 0 Å². The number of aryl methyl sites for hydroxylation is 2. The molecule has 29 heavy (non-hydrogen) atoms. The summed E-state index contributed by atoms with van der Waals surface area (Å²) in [4.78, 5) is 12.6. The minimum atomic E-state index is -0.258. The average molecular weight is 396 g/mol. The van der Waals surface area contributed by atoms with E-state index >= 15 is 0 Å². The summed E-state index contributed by atoms with van der Waals surface area (Å²) in [6, 6.07) is 11.4. The number of carbonyl (C=O) groups is 1. The van der Waals surface area contributed by atoms with Crippen LogP contribution in [0, 0.1) is 6.92 Å². The van der Waals surface area contributed by atoms with Crippen LogP contribution in [0.3, 0.4) is 0 Å². The molecule has 1 atom stereocenters. The number of rotatable bonds is 8. The third-order valence-electron chi connectivity index (χ3n) is 4.89. The number of furan rings is 1. The Morgan fingerprint density at radius 1 is 1.21 bits per heavy atom. The number of amides is 1. The monoisotopic (exact) mass is 395 g/mol. The van der Waals surface area contributed by atoms with E-state index in [0.29, 0.717) is 11.7 Å². The van der Waals surface area contributed by atoms with E-state index in [2.05, 4.69) is 36.4 Å². The van der Waals surface area contributed by atoms with E-state index in [0.717, 1.165) is 29.1 Å². The Morgan fingerprint density at radius 3 is 2.72 bits per heavy atom. The van der Waals surface area contributed by atoms with E-state index in [4.69, 9.17) is 9.15 Å². The minimum Gasteiger partial charge on any atom is -0.485 e. The molecule has 0 saturated carbocycles. The normalized spacial score (nSPS) is 12.2. The Bertz CT molecular complexity index is 971. The summed E-state index contributed by atoms with van der Waals surface area (Å²) in [6.45, 7) is 11.3. The van der Waals surface area contributed by atoms with Gasteiger partial charge in [0.15, 0.2) is 5.76 Å². The van der Waals surface area contributed by atoms with Crippen LogP contribution in [-0.4, -0.2) is 15.7 Å². The Morgan fingerprint density at radius 2 is 2.00 bits per heavy atom. The van der Waals surface area contributed by atoms with Crippen molar-refractivity contribution in [2.45, 2.75) is 59.7 Å². The molecule has 2 aromatic heterocycles. The van der Waals surface area contributed by atoms with Crippen molar-refractivity contribution < 1.29 is 13.9 Å². The highest BCUT2D eigenvalue weighted by Crippen LogP contribution is 2.28. The first-order valence-corrected chi connectivity index (χ1v) is 10.0. The zero-order valence-electron chi connectivity index (χ0n) is 17.7. The van der Waals surface area contributed by atoms with Gasteiger partial charge in [0.1, 0.15) is 18.1 Å². The van der Waals surface area contributed by atoms with E-state index < -0.39 is 0 Å². The van der Waals surface area contributed by atoms with Crippen LogP contribution in [0.2, 0.25) is 0 Å². The maximum absolute atomic E-state index is 12.6. The molecule has 0 aliphatic rings. The molecule has 0 radical (unpaired) electrons. The second-order valence-corrected chi connectivity index (χ2v) is 7.52. The number of aromatic nitrogens is 2. The second kappa shape index (κ2) is 8.99. The van der Waals surface area contributed by atoms with Gasteiger partial charge in [-0.2, -0.15) is 5.10 Å². The quantitative estimate of drug-likeness (QED) is 0.583. The van der Waals surface area contributed by atoms with Gasteiger partial charge in [-0.05, 0) is 62.1 Å². The first-order chi connectivity index (χ1) is 13.9. The number of benzene rings is 1. The van der Waals surface area contributed by atoms with E-state index in [1.165, 1.54) is 0 Å². The maximum Gasteiger partial charge on any atom is 0.287 e. The van der Waals surface area contributed by atoms with Crippen molar-refractivity contribution in [2.75, 3.05) is 0 Å². The first kappa shape index (κ1) is 20.7. The highest BCUT2D eigenvalue weighted by molar-refractivity contribution is 5.91. The molecule has 3 aromatic rings. The molecular formula is C23H29N3O3. The third kappa shape index (κ3) is 4.88. The van der Waals surface area contributed by atoms with Crippen molar-refractivity contribution in [3.8, 4) is 5.75 Å². The Balaban J connectivity index is 1.64. The number of nitrogens with one attached hydrogen (secondary N) is 1. The summed E-state index contributed by atoms with van der Waals surface area (Å²) in [7, 11) is 0. The van der Waals surface area contributed by atoms with Gasteiger partial charge in [0.25, 0.3) is 5.91 Å². The van der Waals surface area contributed by atoms with Crippen LogP contribution in [-0.2, 0) is 13.2 Å². The molecule has 3 rings (SSSR count). The lowest BCUT2D eigenvalue weighted by Crippen LogP contribution is -2.28. The van der Waals surface area contributed by atoms with E-state index in [1.54, 1.807) is 18.3 Å². The smallest absolute Gasteiger partial charge is 0.287 e. The highest BCUT2D eigenvalue weighted by Gasteiger charge is 2.18. The van der Waals surface area contributed by atoms with Gasteiger partial charge in [-0.15, -0.1) is 0 Å². The SMILES string of the molecule is CCn1nccc1C(C)NC(=O)c1ccc(COc2cc(C)ccc2C(C)C)o1. The number of nitrogens with zero attached hydrogens (tertiary/aromatic N) is 2. The summed E-state index contributed by atoms with van der Waals surface area (Å²) in [5.74, 6) is 1.83. The predicted octanol–water partition coefficient (Wildman–Crippen LogP) is 5.00. The van der Waals surface area contributed by atoms with Gasteiger partial charge in [0, 0.05) is 12.7 Å². The number of hydrogen-bond acceptors (Lipinski definition) is 4.